The zero-order valence-electron chi connectivity index (χ0n) is 20.9. The molecule has 4 nitrogen and oxygen atoms in total. The first-order chi connectivity index (χ1) is 17.9. The number of halogens is 2. The Labute approximate surface area is 240 Å². The van der Waals surface area contributed by atoms with Crippen LogP contribution in [0.15, 0.2) is 36.4 Å². The molecule has 6 rings (SSSR count). The highest BCUT2D eigenvalue weighted by molar-refractivity contribution is 7.80. The zero-order chi connectivity index (χ0) is 25.5. The molecule has 0 aliphatic heterocycles. The largest absolute Gasteiger partial charge is 0.359 e. The van der Waals surface area contributed by atoms with E-state index in [4.69, 9.17) is 47.6 Å². The molecule has 4 bridgehead atoms. The Balaban J connectivity index is 1.02. The number of anilines is 2. The fourth-order valence-corrected chi connectivity index (χ4v) is 8.30. The molecule has 0 amide bonds. The Morgan fingerprint density at radius 1 is 0.676 bits per heavy atom. The van der Waals surface area contributed by atoms with Crippen LogP contribution in [-0.4, -0.2) is 22.3 Å². The number of hydrogen-bond acceptors (Lipinski definition) is 2. The highest BCUT2D eigenvalue weighted by Crippen LogP contribution is 2.45. The first kappa shape index (κ1) is 25.7. The van der Waals surface area contributed by atoms with E-state index in [-0.39, 0.29) is 0 Å². The Bertz CT molecular complexity index is 1110. The molecule has 0 heterocycles. The molecule has 4 aliphatic rings. The molecule has 37 heavy (non-hydrogen) atoms. The number of benzene rings is 2. The Morgan fingerprint density at radius 2 is 1.14 bits per heavy atom. The summed E-state index contributed by atoms with van der Waals surface area (Å²) in [5.41, 5.74) is 3.90. The second-order valence-electron chi connectivity index (χ2n) is 11.6. The van der Waals surface area contributed by atoms with Crippen LogP contribution in [0.25, 0.3) is 0 Å². The van der Waals surface area contributed by atoms with Gasteiger partial charge in [-0.3, -0.25) is 0 Å². The van der Waals surface area contributed by atoms with Gasteiger partial charge in [0, 0.05) is 12.1 Å². The average molecular weight is 574 g/mol. The van der Waals surface area contributed by atoms with Gasteiger partial charge in [0.2, 0.25) is 0 Å². The summed E-state index contributed by atoms with van der Waals surface area (Å²) in [6.07, 6.45) is 11.3. The lowest BCUT2D eigenvalue weighted by molar-refractivity contribution is 0.392. The van der Waals surface area contributed by atoms with Gasteiger partial charge in [-0.05, 0) is 128 Å². The van der Waals surface area contributed by atoms with E-state index in [1.165, 1.54) is 51.4 Å². The van der Waals surface area contributed by atoms with Crippen molar-refractivity contribution in [1.29, 1.82) is 0 Å². The Kier molecular flexibility index (Phi) is 7.54. The molecule has 0 spiro atoms. The minimum absolute atomic E-state index is 0.502. The lowest BCUT2D eigenvalue weighted by Crippen LogP contribution is -2.40. The van der Waals surface area contributed by atoms with Crippen LogP contribution in [0.1, 0.15) is 62.5 Å². The molecule has 0 radical (unpaired) electrons. The predicted octanol–water partition coefficient (Wildman–Crippen LogP) is 7.53. The summed E-state index contributed by atoms with van der Waals surface area (Å²) in [7, 11) is 0. The van der Waals surface area contributed by atoms with Crippen LogP contribution in [-0.2, 0) is 6.42 Å². The summed E-state index contributed by atoms with van der Waals surface area (Å²) in [5, 5.41) is 16.3. The maximum absolute atomic E-state index is 6.62. The number of nitrogens with one attached hydrogen (secondary N) is 4. The van der Waals surface area contributed by atoms with Gasteiger partial charge in [0.1, 0.15) is 0 Å². The van der Waals surface area contributed by atoms with Crippen molar-refractivity contribution in [3.8, 4) is 0 Å². The van der Waals surface area contributed by atoms with Crippen molar-refractivity contribution in [3.05, 3.63) is 57.6 Å². The standard InChI is InChI=1S/C29H34Cl2N4S2/c30-22-12-16(3-7-24(22)32-28(36)34-26-14-18-1-5-20(26)10-18)9-17-4-8-25(23(31)13-17)33-29(37)35-27-15-19-2-6-21(27)11-19/h3-4,7-8,12-13,18-21,26-27H,1-2,5-6,9-11,14-15H2,(H2,32,34,36)(H2,33,35,37)/t18-,19+,20+,21-,26+,27-. The lowest BCUT2D eigenvalue weighted by atomic mass is 9.95. The molecule has 196 valence electrons. The third-order valence-corrected chi connectivity index (χ3v) is 10.1. The van der Waals surface area contributed by atoms with Gasteiger partial charge >= 0.3 is 0 Å². The maximum Gasteiger partial charge on any atom is 0.171 e. The van der Waals surface area contributed by atoms with Crippen molar-refractivity contribution in [1.82, 2.24) is 10.6 Å². The van der Waals surface area contributed by atoms with E-state index in [0.717, 1.165) is 52.6 Å². The molecule has 2 aromatic rings. The van der Waals surface area contributed by atoms with E-state index in [2.05, 4.69) is 33.4 Å². The molecule has 0 aromatic heterocycles. The van der Waals surface area contributed by atoms with Crippen molar-refractivity contribution in [2.75, 3.05) is 10.6 Å². The smallest absolute Gasteiger partial charge is 0.171 e. The summed E-state index contributed by atoms with van der Waals surface area (Å²) in [4.78, 5) is 0. The Morgan fingerprint density at radius 3 is 1.49 bits per heavy atom. The van der Waals surface area contributed by atoms with Gasteiger partial charge in [-0.25, -0.2) is 0 Å². The molecule has 4 N–H and O–H groups in total. The van der Waals surface area contributed by atoms with Gasteiger partial charge in [-0.1, -0.05) is 48.2 Å². The number of rotatable bonds is 6. The lowest BCUT2D eigenvalue weighted by Gasteiger charge is -2.25. The van der Waals surface area contributed by atoms with Crippen LogP contribution in [0.4, 0.5) is 11.4 Å². The quantitative estimate of drug-likeness (QED) is 0.268. The van der Waals surface area contributed by atoms with Crippen molar-refractivity contribution < 1.29 is 0 Å². The van der Waals surface area contributed by atoms with Gasteiger partial charge in [0.15, 0.2) is 10.2 Å². The minimum atomic E-state index is 0.502. The topological polar surface area (TPSA) is 48.1 Å². The van der Waals surface area contributed by atoms with E-state index < -0.39 is 0 Å². The summed E-state index contributed by atoms with van der Waals surface area (Å²) < 4.78 is 0. The number of hydrogen-bond donors (Lipinski definition) is 4. The number of fused-ring (bicyclic) bond motifs is 4. The van der Waals surface area contributed by atoms with Crippen LogP contribution in [0.3, 0.4) is 0 Å². The molecule has 4 fully saturated rings. The highest BCUT2D eigenvalue weighted by Gasteiger charge is 2.40. The van der Waals surface area contributed by atoms with Crippen LogP contribution in [0.2, 0.25) is 10.0 Å². The number of thiocarbonyl (C=S) groups is 2. The second-order valence-corrected chi connectivity index (χ2v) is 13.2. The first-order valence-corrected chi connectivity index (χ1v) is 15.2. The van der Waals surface area contributed by atoms with Gasteiger partial charge in [0.05, 0.1) is 21.4 Å². The van der Waals surface area contributed by atoms with Gasteiger partial charge < -0.3 is 21.3 Å². The maximum atomic E-state index is 6.62. The summed E-state index contributed by atoms with van der Waals surface area (Å²) in [5.74, 6) is 3.30. The van der Waals surface area contributed by atoms with Crippen LogP contribution in [0.5, 0.6) is 0 Å². The van der Waals surface area contributed by atoms with Crippen LogP contribution < -0.4 is 21.3 Å². The molecule has 4 aliphatic carbocycles. The molecule has 2 aromatic carbocycles. The van der Waals surface area contributed by atoms with E-state index >= 15 is 0 Å². The van der Waals surface area contributed by atoms with Gasteiger partial charge in [0.25, 0.3) is 0 Å². The van der Waals surface area contributed by atoms with Crippen molar-refractivity contribution >= 4 is 69.2 Å². The molecule has 0 unspecified atom stereocenters. The van der Waals surface area contributed by atoms with Gasteiger partial charge in [-0.15, -0.1) is 0 Å². The predicted molar refractivity (Wildman–Crippen MR) is 163 cm³/mol. The first-order valence-electron chi connectivity index (χ1n) is 13.6. The third kappa shape index (κ3) is 5.88. The molecular formula is C29H34Cl2N4S2. The fourth-order valence-electron chi connectivity index (χ4n) is 7.27. The SMILES string of the molecule is S=C(Nc1ccc(Cc2ccc(NC(=S)N[C@@H]3C[C@H]4CC[C@@H]3C4)c(Cl)c2)cc1Cl)N[C@H]1C[C@@H]2CC[C@H]1C2. The van der Waals surface area contributed by atoms with E-state index in [9.17, 15) is 0 Å². The monoisotopic (exact) mass is 572 g/mol. The highest BCUT2D eigenvalue weighted by atomic mass is 35.5. The summed E-state index contributed by atoms with van der Waals surface area (Å²) >= 11 is 24.4. The van der Waals surface area contributed by atoms with Crippen LogP contribution in [0, 0.1) is 23.7 Å². The van der Waals surface area contributed by atoms with Gasteiger partial charge in [-0.2, -0.15) is 0 Å². The zero-order valence-corrected chi connectivity index (χ0v) is 24.0. The van der Waals surface area contributed by atoms with E-state index in [0.29, 0.717) is 32.4 Å². The molecule has 6 atom stereocenters. The van der Waals surface area contributed by atoms with Crippen LogP contribution >= 0.6 is 47.6 Å². The van der Waals surface area contributed by atoms with Crippen molar-refractivity contribution in [2.45, 2.75) is 69.9 Å². The summed E-state index contributed by atoms with van der Waals surface area (Å²) in [6.45, 7) is 0. The van der Waals surface area contributed by atoms with Crippen molar-refractivity contribution in [2.24, 2.45) is 23.7 Å². The molecule has 4 saturated carbocycles. The van der Waals surface area contributed by atoms with E-state index in [1.807, 2.05) is 24.3 Å². The fraction of sp³-hybridized carbons (Fsp3) is 0.517. The normalized spacial score (nSPS) is 29.4. The van der Waals surface area contributed by atoms with Crippen molar-refractivity contribution in [3.63, 3.8) is 0 Å². The van der Waals surface area contributed by atoms with E-state index in [1.54, 1.807) is 0 Å². The molecule has 8 heteroatoms. The molecule has 0 saturated heterocycles. The minimum Gasteiger partial charge on any atom is -0.359 e. The average Bonchev–Trinajstić information content (AvgIpc) is 3.65. The second kappa shape index (κ2) is 10.9. The summed E-state index contributed by atoms with van der Waals surface area (Å²) in [6, 6.07) is 13.2. The third-order valence-electron chi connectivity index (χ3n) is 9.08. The Hall–Kier alpha value is -1.60. The molecular weight excluding hydrogens is 539 g/mol.